The van der Waals surface area contributed by atoms with Crippen LogP contribution in [0, 0.1) is 0 Å². The van der Waals surface area contributed by atoms with Gasteiger partial charge >= 0.3 is 0 Å². The van der Waals surface area contributed by atoms with Crippen LogP contribution in [0.25, 0.3) is 0 Å². The van der Waals surface area contributed by atoms with Gasteiger partial charge in [-0.15, -0.1) is 11.3 Å². The van der Waals surface area contributed by atoms with Crippen molar-refractivity contribution >= 4 is 33.2 Å². The van der Waals surface area contributed by atoms with Crippen molar-refractivity contribution in [2.45, 2.75) is 43.7 Å². The van der Waals surface area contributed by atoms with Gasteiger partial charge in [-0.3, -0.25) is 9.59 Å². The third-order valence-corrected chi connectivity index (χ3v) is 7.77. The Kier molecular flexibility index (Phi) is 5.32. The van der Waals surface area contributed by atoms with Crippen LogP contribution in [-0.2, 0) is 23.2 Å². The summed E-state index contributed by atoms with van der Waals surface area (Å²) in [6, 6.07) is 11.2. The zero-order chi connectivity index (χ0) is 21.6. The summed E-state index contributed by atoms with van der Waals surface area (Å²) in [5.74, 6) is 0.347. The molecule has 160 valence electrons. The van der Waals surface area contributed by atoms with Gasteiger partial charge in [0.2, 0.25) is 0 Å². The minimum atomic E-state index is -1.26. The average Bonchev–Trinajstić information content (AvgIpc) is 3.45. The number of aromatic nitrogens is 2. The number of carbonyl (C=O) groups is 1. The van der Waals surface area contributed by atoms with E-state index in [9.17, 15) is 14.7 Å². The maximum Gasteiger partial charge on any atom is 0.256 e. The lowest BCUT2D eigenvalue weighted by atomic mass is 10.0. The minimum absolute atomic E-state index is 0.161. The molecular formula is C23H22BrN3O3S. The van der Waals surface area contributed by atoms with E-state index in [1.165, 1.54) is 4.88 Å². The molecule has 2 aliphatic rings. The second-order valence-electron chi connectivity index (χ2n) is 8.22. The van der Waals surface area contributed by atoms with Gasteiger partial charge in [-0.25, -0.2) is 4.98 Å². The quantitative estimate of drug-likeness (QED) is 0.573. The van der Waals surface area contributed by atoms with E-state index in [4.69, 9.17) is 4.98 Å². The van der Waals surface area contributed by atoms with Crippen molar-refractivity contribution in [3.05, 3.63) is 84.1 Å². The predicted molar refractivity (Wildman–Crippen MR) is 122 cm³/mol. The summed E-state index contributed by atoms with van der Waals surface area (Å²) in [6.45, 7) is 0.638. The smallest absolute Gasteiger partial charge is 0.256 e. The van der Waals surface area contributed by atoms with Gasteiger partial charge in [0.05, 0.1) is 23.2 Å². The van der Waals surface area contributed by atoms with E-state index >= 15 is 0 Å². The molecule has 1 aliphatic heterocycles. The Morgan fingerprint density at radius 2 is 2.13 bits per heavy atom. The molecule has 3 heterocycles. The van der Waals surface area contributed by atoms with Crippen LogP contribution in [0.15, 0.2) is 51.0 Å². The maximum atomic E-state index is 13.0. The van der Waals surface area contributed by atoms with Crippen LogP contribution in [-0.4, -0.2) is 32.4 Å². The molecule has 2 aromatic heterocycles. The number of nitrogens with zero attached hydrogens (tertiary/aromatic N) is 2. The van der Waals surface area contributed by atoms with Crippen molar-refractivity contribution in [3.63, 3.8) is 0 Å². The van der Waals surface area contributed by atoms with Gasteiger partial charge in [0.15, 0.2) is 6.10 Å². The average molecular weight is 500 g/mol. The Morgan fingerprint density at radius 1 is 1.29 bits per heavy atom. The van der Waals surface area contributed by atoms with Gasteiger partial charge in [0, 0.05) is 15.9 Å². The monoisotopic (exact) mass is 499 g/mol. The van der Waals surface area contributed by atoms with Crippen LogP contribution in [0.4, 0.5) is 0 Å². The van der Waals surface area contributed by atoms with Gasteiger partial charge in [-0.1, -0.05) is 34.1 Å². The van der Waals surface area contributed by atoms with E-state index in [0.717, 1.165) is 28.8 Å². The number of hydrogen-bond donors (Lipinski definition) is 2. The third-order valence-electron chi connectivity index (χ3n) is 6.20. The number of benzene rings is 1. The second kappa shape index (κ2) is 8.00. The number of rotatable bonds is 4. The fraction of sp³-hybridized carbons (Fsp3) is 0.348. The molecule has 0 radical (unpaired) electrons. The summed E-state index contributed by atoms with van der Waals surface area (Å²) in [4.78, 5) is 36.7. The first-order valence-electron chi connectivity index (χ1n) is 10.4. The molecule has 31 heavy (non-hydrogen) atoms. The molecule has 1 aliphatic carbocycles. The zero-order valence-corrected chi connectivity index (χ0v) is 19.2. The molecule has 1 atom stereocenters. The predicted octanol–water partition coefficient (Wildman–Crippen LogP) is 3.68. The van der Waals surface area contributed by atoms with Crippen LogP contribution in [0.2, 0.25) is 0 Å². The normalized spacial score (nSPS) is 18.2. The first kappa shape index (κ1) is 20.6. The SMILES string of the molecule is O=C([C@H](O)c1cccc(Br)c1)N1CCCc2nc(C3(c4cccs4)CC3)[nH]c(=O)c2C1. The number of aliphatic hydroxyl groups is 1. The van der Waals surface area contributed by atoms with E-state index in [0.29, 0.717) is 30.5 Å². The highest BCUT2D eigenvalue weighted by atomic mass is 79.9. The number of amides is 1. The molecule has 2 N–H and O–H groups in total. The van der Waals surface area contributed by atoms with Crippen molar-refractivity contribution in [1.82, 2.24) is 14.9 Å². The van der Waals surface area contributed by atoms with Crippen molar-refractivity contribution in [2.24, 2.45) is 0 Å². The number of hydrogen-bond acceptors (Lipinski definition) is 5. The Bertz CT molecular complexity index is 1190. The van der Waals surface area contributed by atoms with E-state index in [-0.39, 0.29) is 17.5 Å². The molecule has 1 amide bonds. The molecule has 0 unspecified atom stereocenters. The fourth-order valence-electron chi connectivity index (χ4n) is 4.30. The Balaban J connectivity index is 1.43. The highest BCUT2D eigenvalue weighted by molar-refractivity contribution is 9.10. The van der Waals surface area contributed by atoms with Crippen molar-refractivity contribution in [2.75, 3.05) is 6.54 Å². The van der Waals surface area contributed by atoms with Crippen LogP contribution in [0.5, 0.6) is 0 Å². The Labute approximate surface area is 192 Å². The summed E-state index contributed by atoms with van der Waals surface area (Å²) in [7, 11) is 0. The van der Waals surface area contributed by atoms with Gasteiger partial charge < -0.3 is 15.0 Å². The lowest BCUT2D eigenvalue weighted by molar-refractivity contribution is -0.141. The number of thiophene rings is 1. The Hall–Kier alpha value is -2.29. The molecule has 8 heteroatoms. The molecule has 6 nitrogen and oxygen atoms in total. The number of aryl methyl sites for hydroxylation is 1. The lowest BCUT2D eigenvalue weighted by Crippen LogP contribution is -2.36. The first-order valence-corrected chi connectivity index (χ1v) is 12.0. The van der Waals surface area contributed by atoms with E-state index < -0.39 is 12.0 Å². The second-order valence-corrected chi connectivity index (χ2v) is 10.1. The van der Waals surface area contributed by atoms with E-state index in [1.807, 2.05) is 12.1 Å². The van der Waals surface area contributed by atoms with Gasteiger partial charge in [-0.2, -0.15) is 0 Å². The number of aromatic amines is 1. The molecule has 0 spiro atoms. The summed E-state index contributed by atoms with van der Waals surface area (Å²) in [6.07, 6.45) is 2.05. The van der Waals surface area contributed by atoms with Crippen molar-refractivity contribution in [3.8, 4) is 0 Å². The summed E-state index contributed by atoms with van der Waals surface area (Å²) >= 11 is 5.07. The lowest BCUT2D eigenvalue weighted by Gasteiger charge is -2.24. The maximum absolute atomic E-state index is 13.0. The van der Waals surface area contributed by atoms with Gasteiger partial charge in [0.1, 0.15) is 5.82 Å². The van der Waals surface area contributed by atoms with Crippen molar-refractivity contribution in [1.29, 1.82) is 0 Å². The summed E-state index contributed by atoms with van der Waals surface area (Å²) in [5.41, 5.74) is 1.48. The van der Waals surface area contributed by atoms with E-state index in [1.54, 1.807) is 34.4 Å². The van der Waals surface area contributed by atoms with Crippen LogP contribution >= 0.6 is 27.3 Å². The zero-order valence-electron chi connectivity index (χ0n) is 16.8. The topological polar surface area (TPSA) is 86.3 Å². The van der Waals surface area contributed by atoms with Gasteiger partial charge in [0.25, 0.3) is 11.5 Å². The number of nitrogens with one attached hydrogen (secondary N) is 1. The summed E-state index contributed by atoms with van der Waals surface area (Å²) < 4.78 is 0.797. The minimum Gasteiger partial charge on any atom is -0.378 e. The standard InChI is InChI=1S/C23H22BrN3O3S/c24-15-5-1-4-14(12-15)19(28)21(30)27-10-2-6-17-16(13-27)20(29)26-22(25-17)23(8-9-23)18-7-3-11-31-18/h1,3-5,7,11-12,19,28H,2,6,8-10,13H2,(H,25,26,29)/t19-/m1/s1. The highest BCUT2D eigenvalue weighted by Crippen LogP contribution is 2.53. The van der Waals surface area contributed by atoms with Crippen LogP contribution in [0.1, 0.15) is 52.9 Å². The number of H-pyrrole nitrogens is 1. The number of carbonyl (C=O) groups excluding carboxylic acids is 1. The molecule has 0 saturated heterocycles. The number of fused-ring (bicyclic) bond motifs is 1. The molecule has 0 bridgehead atoms. The first-order chi connectivity index (χ1) is 15.0. The van der Waals surface area contributed by atoms with Gasteiger partial charge in [-0.05, 0) is 54.8 Å². The molecule has 1 saturated carbocycles. The number of aliphatic hydroxyl groups excluding tert-OH is 1. The fourth-order valence-corrected chi connectivity index (χ4v) is 5.71. The van der Waals surface area contributed by atoms with E-state index in [2.05, 4.69) is 32.4 Å². The molecular weight excluding hydrogens is 478 g/mol. The van der Waals surface area contributed by atoms with Crippen LogP contribution in [0.3, 0.4) is 0 Å². The summed E-state index contributed by atoms with van der Waals surface area (Å²) in [5, 5.41) is 12.7. The van der Waals surface area contributed by atoms with Crippen molar-refractivity contribution < 1.29 is 9.90 Å². The molecule has 5 rings (SSSR count). The number of halogens is 1. The van der Waals surface area contributed by atoms with Crippen LogP contribution < -0.4 is 5.56 Å². The third kappa shape index (κ3) is 3.77. The molecule has 1 fully saturated rings. The molecule has 1 aromatic carbocycles. The molecule has 3 aromatic rings. The largest absolute Gasteiger partial charge is 0.378 e. The Morgan fingerprint density at radius 3 is 2.84 bits per heavy atom. The highest BCUT2D eigenvalue weighted by Gasteiger charge is 2.49.